The molecule has 0 spiro atoms. The molecule has 0 unspecified atom stereocenters. The lowest BCUT2D eigenvalue weighted by atomic mass is 10.5. The topological polar surface area (TPSA) is 89.2 Å². The summed E-state index contributed by atoms with van der Waals surface area (Å²) in [6.45, 7) is 0.310. The summed E-state index contributed by atoms with van der Waals surface area (Å²) in [5.41, 5.74) is 0. The van der Waals surface area contributed by atoms with Crippen molar-refractivity contribution in [3.05, 3.63) is 28.8 Å². The maximum atomic E-state index is 11.9. The summed E-state index contributed by atoms with van der Waals surface area (Å²) in [6, 6.07) is 3.29. The lowest BCUT2D eigenvalue weighted by Gasteiger charge is -2.02. The number of fused-ring (bicyclic) bond motifs is 1. The summed E-state index contributed by atoms with van der Waals surface area (Å²) in [5.74, 6) is 0. The summed E-state index contributed by atoms with van der Waals surface area (Å²) >= 11 is 2.59. The van der Waals surface area contributed by atoms with Crippen LogP contribution in [0.2, 0.25) is 0 Å². The van der Waals surface area contributed by atoms with E-state index in [-0.39, 0.29) is 0 Å². The van der Waals surface area contributed by atoms with Gasteiger partial charge in [-0.1, -0.05) is 17.4 Å². The molecule has 0 amide bonds. The van der Waals surface area contributed by atoms with E-state index in [0.29, 0.717) is 22.1 Å². The van der Waals surface area contributed by atoms with Crippen molar-refractivity contribution in [2.75, 3.05) is 6.54 Å². The van der Waals surface area contributed by atoms with Crippen LogP contribution in [0, 0.1) is 0 Å². The molecule has 3 aromatic heterocycles. The average molecular weight is 315 g/mol. The fourth-order valence-electron chi connectivity index (χ4n) is 1.48. The van der Waals surface area contributed by atoms with Crippen molar-refractivity contribution in [1.82, 2.24) is 24.5 Å². The molecule has 3 heterocycles. The molecule has 0 bridgehead atoms. The van der Waals surface area contributed by atoms with Crippen molar-refractivity contribution in [2.24, 2.45) is 0 Å². The zero-order chi connectivity index (χ0) is 13.3. The fraction of sp³-hybridized carbons (Fsp3) is 0.222. The van der Waals surface area contributed by atoms with Gasteiger partial charge in [0, 0.05) is 13.0 Å². The zero-order valence-electron chi connectivity index (χ0n) is 9.55. The van der Waals surface area contributed by atoms with Gasteiger partial charge in [0.15, 0.2) is 0 Å². The van der Waals surface area contributed by atoms with Crippen LogP contribution in [-0.4, -0.2) is 34.8 Å². The molecule has 0 aliphatic carbocycles. The van der Waals surface area contributed by atoms with E-state index < -0.39 is 10.0 Å². The van der Waals surface area contributed by atoms with Crippen LogP contribution in [0.5, 0.6) is 0 Å². The molecule has 0 aliphatic heterocycles. The Morgan fingerprint density at radius 2 is 2.32 bits per heavy atom. The van der Waals surface area contributed by atoms with Crippen molar-refractivity contribution in [1.29, 1.82) is 0 Å². The first-order valence-corrected chi connectivity index (χ1v) is 8.52. The van der Waals surface area contributed by atoms with Gasteiger partial charge in [-0.2, -0.15) is 9.61 Å². The molecule has 0 saturated carbocycles. The lowest BCUT2D eigenvalue weighted by Crippen LogP contribution is -2.25. The van der Waals surface area contributed by atoms with Crippen LogP contribution in [0.1, 0.15) is 5.01 Å². The molecule has 0 radical (unpaired) electrons. The molecule has 10 heteroatoms. The van der Waals surface area contributed by atoms with E-state index in [1.54, 1.807) is 22.0 Å². The van der Waals surface area contributed by atoms with E-state index in [0.717, 1.165) is 5.01 Å². The first kappa shape index (κ1) is 12.7. The Kier molecular flexibility index (Phi) is 3.31. The van der Waals surface area contributed by atoms with E-state index in [2.05, 4.69) is 20.0 Å². The van der Waals surface area contributed by atoms with Gasteiger partial charge < -0.3 is 0 Å². The highest BCUT2D eigenvalue weighted by Crippen LogP contribution is 2.16. The zero-order valence-corrected chi connectivity index (χ0v) is 12.0. The van der Waals surface area contributed by atoms with Crippen LogP contribution < -0.4 is 4.72 Å². The predicted octanol–water partition coefficient (Wildman–Crippen LogP) is 0.768. The largest absolute Gasteiger partial charge is 0.250 e. The molecule has 0 saturated heterocycles. The summed E-state index contributed by atoms with van der Waals surface area (Å²) in [4.78, 5) is 0.705. The first-order valence-electron chi connectivity index (χ1n) is 5.34. The van der Waals surface area contributed by atoms with E-state index in [1.807, 2.05) is 0 Å². The minimum Gasteiger partial charge on any atom is -0.210 e. The third-order valence-corrected chi connectivity index (χ3v) is 6.15. The van der Waals surface area contributed by atoms with Gasteiger partial charge in [-0.15, -0.1) is 21.5 Å². The van der Waals surface area contributed by atoms with E-state index in [1.165, 1.54) is 29.0 Å². The first-order chi connectivity index (χ1) is 9.15. The summed E-state index contributed by atoms with van der Waals surface area (Å²) in [6.07, 6.45) is 2.05. The minimum absolute atomic E-state index is 0.310. The maximum absolute atomic E-state index is 11.9. The van der Waals surface area contributed by atoms with E-state index >= 15 is 0 Å². The monoisotopic (exact) mass is 315 g/mol. The van der Waals surface area contributed by atoms with Crippen LogP contribution in [0.15, 0.2) is 28.0 Å². The SMILES string of the molecule is O=S(=O)(NCCc1nn2cnnc2s1)c1cccs1. The van der Waals surface area contributed by atoms with E-state index in [9.17, 15) is 8.42 Å². The third kappa shape index (κ3) is 2.66. The second-order valence-electron chi connectivity index (χ2n) is 3.63. The quantitative estimate of drug-likeness (QED) is 0.751. The van der Waals surface area contributed by atoms with Crippen molar-refractivity contribution in [2.45, 2.75) is 10.6 Å². The van der Waals surface area contributed by atoms with Gasteiger partial charge in [-0.25, -0.2) is 13.1 Å². The average Bonchev–Trinajstić information content (AvgIpc) is 3.04. The van der Waals surface area contributed by atoms with Crippen LogP contribution in [-0.2, 0) is 16.4 Å². The summed E-state index contributed by atoms with van der Waals surface area (Å²) in [7, 11) is -3.39. The van der Waals surface area contributed by atoms with Gasteiger partial charge in [-0.3, -0.25) is 0 Å². The molecule has 3 aromatic rings. The van der Waals surface area contributed by atoms with Crippen LogP contribution in [0.25, 0.3) is 4.96 Å². The second-order valence-corrected chi connectivity index (χ2v) is 7.62. The van der Waals surface area contributed by atoms with Crippen LogP contribution >= 0.6 is 22.7 Å². The van der Waals surface area contributed by atoms with Crippen molar-refractivity contribution in [3.63, 3.8) is 0 Å². The lowest BCUT2D eigenvalue weighted by molar-refractivity contribution is 0.583. The fourth-order valence-corrected chi connectivity index (χ4v) is 4.36. The van der Waals surface area contributed by atoms with Crippen molar-refractivity contribution >= 4 is 37.7 Å². The number of sulfonamides is 1. The van der Waals surface area contributed by atoms with Gasteiger partial charge in [0.05, 0.1) is 0 Å². The molecule has 0 aliphatic rings. The Labute approximate surface area is 117 Å². The molecule has 0 fully saturated rings. The van der Waals surface area contributed by atoms with Gasteiger partial charge >= 0.3 is 0 Å². The highest BCUT2D eigenvalue weighted by atomic mass is 32.2. The third-order valence-electron chi connectivity index (χ3n) is 2.32. The predicted molar refractivity (Wildman–Crippen MR) is 71.9 cm³/mol. The number of nitrogens with zero attached hydrogens (tertiary/aromatic N) is 4. The van der Waals surface area contributed by atoms with Gasteiger partial charge in [0.25, 0.3) is 0 Å². The van der Waals surface area contributed by atoms with Gasteiger partial charge in [0.2, 0.25) is 15.0 Å². The Hall–Kier alpha value is -1.36. The molecule has 7 nitrogen and oxygen atoms in total. The number of nitrogens with one attached hydrogen (secondary N) is 1. The molecular formula is C9H9N5O2S3. The Morgan fingerprint density at radius 3 is 3.05 bits per heavy atom. The number of hydrogen-bond acceptors (Lipinski definition) is 7. The van der Waals surface area contributed by atoms with Crippen LogP contribution in [0.4, 0.5) is 0 Å². The number of aromatic nitrogens is 4. The second kappa shape index (κ2) is 4.96. The number of thiophene rings is 1. The molecule has 1 N–H and O–H groups in total. The minimum atomic E-state index is -3.39. The Bertz CT molecular complexity index is 745. The molecule has 3 rings (SSSR count). The summed E-state index contributed by atoms with van der Waals surface area (Å²) in [5, 5.41) is 14.4. The molecule has 0 atom stereocenters. The van der Waals surface area contributed by atoms with Crippen LogP contribution in [0.3, 0.4) is 0 Å². The molecule has 100 valence electrons. The highest BCUT2D eigenvalue weighted by Gasteiger charge is 2.14. The normalized spacial score (nSPS) is 12.2. The van der Waals surface area contributed by atoms with Gasteiger partial charge in [-0.05, 0) is 11.4 Å². The molecule has 0 aromatic carbocycles. The number of hydrogen-bond donors (Lipinski definition) is 1. The maximum Gasteiger partial charge on any atom is 0.250 e. The van der Waals surface area contributed by atoms with E-state index in [4.69, 9.17) is 0 Å². The standard InChI is InChI=1S/C9H9N5O2S3/c15-19(16,8-2-1-5-17-8)11-4-3-7-13-14-6-10-12-9(14)18-7/h1-2,5-6,11H,3-4H2. The Balaban J connectivity index is 1.63. The van der Waals surface area contributed by atoms with Crippen molar-refractivity contribution in [3.8, 4) is 0 Å². The highest BCUT2D eigenvalue weighted by molar-refractivity contribution is 7.91. The Morgan fingerprint density at radius 1 is 1.42 bits per heavy atom. The van der Waals surface area contributed by atoms with Crippen molar-refractivity contribution < 1.29 is 8.42 Å². The smallest absolute Gasteiger partial charge is 0.210 e. The van der Waals surface area contributed by atoms with Gasteiger partial charge in [0.1, 0.15) is 15.5 Å². The number of rotatable bonds is 5. The molecule has 19 heavy (non-hydrogen) atoms. The summed E-state index contributed by atoms with van der Waals surface area (Å²) < 4.78 is 28.2. The molecular weight excluding hydrogens is 306 g/mol.